The highest BCUT2D eigenvalue weighted by Gasteiger charge is 2.25. The van der Waals surface area contributed by atoms with Crippen molar-refractivity contribution in [1.29, 1.82) is 0 Å². The fourth-order valence-corrected chi connectivity index (χ4v) is 2.76. The second-order valence-corrected chi connectivity index (χ2v) is 5.46. The average molecular weight is 292 g/mol. The van der Waals surface area contributed by atoms with Gasteiger partial charge in [0, 0.05) is 19.0 Å². The zero-order chi connectivity index (χ0) is 15.4. The monoisotopic (exact) mass is 292 g/mol. The van der Waals surface area contributed by atoms with Crippen LogP contribution in [0.3, 0.4) is 0 Å². The van der Waals surface area contributed by atoms with E-state index in [0.29, 0.717) is 18.8 Å². The Morgan fingerprint density at radius 1 is 1.29 bits per heavy atom. The van der Waals surface area contributed by atoms with E-state index >= 15 is 0 Å². The molecule has 0 aliphatic carbocycles. The molecule has 1 heterocycles. The number of hydrogen-bond donors (Lipinski definition) is 1. The molecule has 0 radical (unpaired) electrons. The molecule has 1 aliphatic rings. The molecular formula is C16H24N2O3. The smallest absolute Gasteiger partial charge is 0.225 e. The zero-order valence-corrected chi connectivity index (χ0v) is 13.0. The van der Waals surface area contributed by atoms with Crippen LogP contribution < -0.4 is 15.2 Å². The number of ether oxygens (including phenoxy) is 2. The highest BCUT2D eigenvalue weighted by atomic mass is 16.5. The lowest BCUT2D eigenvalue weighted by molar-refractivity contribution is -0.136. The van der Waals surface area contributed by atoms with E-state index < -0.39 is 0 Å². The summed E-state index contributed by atoms with van der Waals surface area (Å²) in [5.74, 6) is 1.62. The van der Waals surface area contributed by atoms with Gasteiger partial charge in [0.05, 0.1) is 14.2 Å². The molecule has 1 amide bonds. The van der Waals surface area contributed by atoms with E-state index in [4.69, 9.17) is 15.2 Å². The summed E-state index contributed by atoms with van der Waals surface area (Å²) in [7, 11) is 3.26. The van der Waals surface area contributed by atoms with Crippen molar-refractivity contribution in [2.24, 2.45) is 11.7 Å². The van der Waals surface area contributed by atoms with E-state index in [1.165, 1.54) is 5.56 Å². The van der Waals surface area contributed by atoms with Crippen molar-refractivity contribution in [3.8, 4) is 11.5 Å². The molecule has 0 aromatic heterocycles. The van der Waals surface area contributed by atoms with Crippen LogP contribution in [0.25, 0.3) is 0 Å². The number of benzene rings is 1. The van der Waals surface area contributed by atoms with Gasteiger partial charge in [0.2, 0.25) is 5.91 Å². The fraction of sp³-hybridized carbons (Fsp3) is 0.562. The van der Waals surface area contributed by atoms with Gasteiger partial charge in [-0.3, -0.25) is 4.79 Å². The highest BCUT2D eigenvalue weighted by Crippen LogP contribution is 2.33. The summed E-state index contributed by atoms with van der Waals surface area (Å²) in [6.45, 7) is 3.86. The number of rotatable bonds is 5. The molecule has 0 saturated carbocycles. The lowest BCUT2D eigenvalue weighted by Crippen LogP contribution is -2.39. The van der Waals surface area contributed by atoms with Crippen molar-refractivity contribution in [2.75, 3.05) is 27.3 Å². The summed E-state index contributed by atoms with van der Waals surface area (Å²) < 4.78 is 10.7. The molecule has 2 rings (SSSR count). The minimum Gasteiger partial charge on any atom is -0.493 e. The number of carbonyl (C=O) groups excluding carboxylic acids is 1. The maximum atomic E-state index is 12.4. The Morgan fingerprint density at radius 2 is 1.90 bits per heavy atom. The Balaban J connectivity index is 2.18. The number of amides is 1. The first-order valence-corrected chi connectivity index (χ1v) is 7.33. The van der Waals surface area contributed by atoms with Gasteiger partial charge in [0.15, 0.2) is 11.5 Å². The first-order chi connectivity index (χ1) is 10.1. The second-order valence-electron chi connectivity index (χ2n) is 5.46. The summed E-state index contributed by atoms with van der Waals surface area (Å²) in [5.41, 5.74) is 7.90. The molecule has 5 heteroatoms. The molecule has 21 heavy (non-hydrogen) atoms. The third-order valence-corrected chi connectivity index (χ3v) is 4.05. The number of nitrogens with zero attached hydrogens (tertiary/aromatic N) is 1. The second kappa shape index (κ2) is 6.80. The van der Waals surface area contributed by atoms with Crippen LogP contribution in [-0.2, 0) is 17.8 Å². The third kappa shape index (κ3) is 3.29. The van der Waals surface area contributed by atoms with Crippen LogP contribution in [0.1, 0.15) is 24.5 Å². The Kier molecular flexibility index (Phi) is 5.07. The predicted molar refractivity (Wildman–Crippen MR) is 81.5 cm³/mol. The standard InChI is InChI=1S/C16H24N2O3/c1-11(4-6-17)16(19)18-7-5-12-8-14(20-2)15(21-3)9-13(12)10-18/h8-9,11H,4-7,10,17H2,1-3H3. The maximum absolute atomic E-state index is 12.4. The average Bonchev–Trinajstić information content (AvgIpc) is 2.52. The van der Waals surface area contributed by atoms with Crippen molar-refractivity contribution in [2.45, 2.75) is 26.3 Å². The number of nitrogens with two attached hydrogens (primary N) is 1. The van der Waals surface area contributed by atoms with Crippen LogP contribution >= 0.6 is 0 Å². The van der Waals surface area contributed by atoms with Crippen molar-refractivity contribution in [3.05, 3.63) is 23.3 Å². The Morgan fingerprint density at radius 3 is 2.48 bits per heavy atom. The van der Waals surface area contributed by atoms with E-state index in [9.17, 15) is 4.79 Å². The van der Waals surface area contributed by atoms with E-state index in [-0.39, 0.29) is 11.8 Å². The minimum atomic E-state index is -0.0170. The first-order valence-electron chi connectivity index (χ1n) is 7.33. The first kappa shape index (κ1) is 15.6. The zero-order valence-electron chi connectivity index (χ0n) is 13.0. The summed E-state index contributed by atoms with van der Waals surface area (Å²) in [5, 5.41) is 0. The molecule has 0 bridgehead atoms. The predicted octanol–water partition coefficient (Wildman–Crippen LogP) is 1.57. The summed E-state index contributed by atoms with van der Waals surface area (Å²) >= 11 is 0. The normalized spacial score (nSPS) is 15.3. The van der Waals surface area contributed by atoms with E-state index in [2.05, 4.69) is 0 Å². The Bertz CT molecular complexity index is 516. The van der Waals surface area contributed by atoms with Crippen molar-refractivity contribution in [1.82, 2.24) is 4.90 Å². The molecule has 0 saturated heterocycles. The van der Waals surface area contributed by atoms with Gasteiger partial charge in [-0.2, -0.15) is 0 Å². The lowest BCUT2D eigenvalue weighted by Gasteiger charge is -2.31. The van der Waals surface area contributed by atoms with Gasteiger partial charge in [0.1, 0.15) is 0 Å². The van der Waals surface area contributed by atoms with Gasteiger partial charge < -0.3 is 20.1 Å². The van der Waals surface area contributed by atoms with Crippen molar-refractivity contribution >= 4 is 5.91 Å². The molecule has 0 fully saturated rings. The molecule has 1 aromatic carbocycles. The van der Waals surface area contributed by atoms with Crippen LogP contribution in [-0.4, -0.2) is 38.1 Å². The number of hydrogen-bond acceptors (Lipinski definition) is 4. The van der Waals surface area contributed by atoms with Gasteiger partial charge in [-0.1, -0.05) is 6.92 Å². The topological polar surface area (TPSA) is 64.8 Å². The van der Waals surface area contributed by atoms with Gasteiger partial charge in [-0.15, -0.1) is 0 Å². The summed E-state index contributed by atoms with van der Waals surface area (Å²) in [6.07, 6.45) is 1.57. The van der Waals surface area contributed by atoms with Crippen LogP contribution in [0.4, 0.5) is 0 Å². The molecule has 1 aliphatic heterocycles. The Labute approximate surface area is 126 Å². The van der Waals surface area contributed by atoms with E-state index in [0.717, 1.165) is 30.7 Å². The van der Waals surface area contributed by atoms with Crippen LogP contribution in [0.2, 0.25) is 0 Å². The molecule has 1 aromatic rings. The third-order valence-electron chi connectivity index (χ3n) is 4.05. The van der Waals surface area contributed by atoms with E-state index in [1.54, 1.807) is 14.2 Å². The molecule has 2 N–H and O–H groups in total. The fourth-order valence-electron chi connectivity index (χ4n) is 2.76. The molecule has 116 valence electrons. The minimum absolute atomic E-state index is 0.0170. The molecule has 0 spiro atoms. The highest BCUT2D eigenvalue weighted by molar-refractivity contribution is 5.78. The van der Waals surface area contributed by atoms with Crippen LogP contribution in [0.5, 0.6) is 11.5 Å². The van der Waals surface area contributed by atoms with Crippen LogP contribution in [0, 0.1) is 5.92 Å². The summed E-state index contributed by atoms with van der Waals surface area (Å²) in [4.78, 5) is 14.3. The van der Waals surface area contributed by atoms with Gasteiger partial charge in [-0.05, 0) is 42.6 Å². The van der Waals surface area contributed by atoms with Crippen LogP contribution in [0.15, 0.2) is 12.1 Å². The number of fused-ring (bicyclic) bond motifs is 1. The maximum Gasteiger partial charge on any atom is 0.225 e. The lowest BCUT2D eigenvalue weighted by atomic mass is 9.97. The quantitative estimate of drug-likeness (QED) is 0.895. The number of carbonyl (C=O) groups is 1. The van der Waals surface area contributed by atoms with Gasteiger partial charge in [-0.25, -0.2) is 0 Å². The number of methoxy groups -OCH3 is 2. The summed E-state index contributed by atoms with van der Waals surface area (Å²) in [6, 6.07) is 3.99. The van der Waals surface area contributed by atoms with Crippen molar-refractivity contribution in [3.63, 3.8) is 0 Å². The van der Waals surface area contributed by atoms with Gasteiger partial charge in [0.25, 0.3) is 0 Å². The molecule has 5 nitrogen and oxygen atoms in total. The molecule has 1 unspecified atom stereocenters. The van der Waals surface area contributed by atoms with Crippen molar-refractivity contribution < 1.29 is 14.3 Å². The van der Waals surface area contributed by atoms with E-state index in [1.807, 2.05) is 24.0 Å². The van der Waals surface area contributed by atoms with Gasteiger partial charge >= 0.3 is 0 Å². The SMILES string of the molecule is COc1cc2c(cc1OC)CN(C(=O)C(C)CCN)CC2. The largest absolute Gasteiger partial charge is 0.493 e. The Hall–Kier alpha value is -1.75. The molecule has 1 atom stereocenters. The molecular weight excluding hydrogens is 268 g/mol.